The highest BCUT2D eigenvalue weighted by atomic mass is 16.1. The van der Waals surface area contributed by atoms with Crippen molar-refractivity contribution in [3.05, 3.63) is 95.7 Å². The average Bonchev–Trinajstić information content (AvgIpc) is 3.24. The average molecular weight is 411 g/mol. The van der Waals surface area contributed by atoms with Crippen LogP contribution in [0.1, 0.15) is 46.9 Å². The number of hydrogen-bond donors (Lipinski definition) is 2. The molecule has 2 unspecified atom stereocenters. The van der Waals surface area contributed by atoms with Crippen molar-refractivity contribution in [1.82, 2.24) is 15.1 Å². The fourth-order valence-electron chi connectivity index (χ4n) is 4.39. The summed E-state index contributed by atoms with van der Waals surface area (Å²) in [4.78, 5) is 12.9. The van der Waals surface area contributed by atoms with Gasteiger partial charge in [-0.2, -0.15) is 5.10 Å². The topological polar surface area (TPSA) is 59.0 Å². The van der Waals surface area contributed by atoms with Gasteiger partial charge in [0.25, 0.3) is 5.91 Å². The number of fused-ring (bicyclic) bond motifs is 2. The molecule has 0 radical (unpaired) electrons. The zero-order chi connectivity index (χ0) is 21.2. The number of anilines is 1. The Morgan fingerprint density at radius 2 is 1.84 bits per heavy atom. The van der Waals surface area contributed by atoms with Crippen molar-refractivity contribution in [2.45, 2.75) is 31.8 Å². The lowest BCUT2D eigenvalue weighted by Crippen LogP contribution is -2.29. The van der Waals surface area contributed by atoms with Gasteiger partial charge in [0.05, 0.1) is 18.3 Å². The number of carbonyl (C=O) groups excluding carboxylic acids is 1. The van der Waals surface area contributed by atoms with E-state index < -0.39 is 0 Å². The van der Waals surface area contributed by atoms with E-state index in [1.54, 1.807) is 6.20 Å². The van der Waals surface area contributed by atoms with E-state index in [1.165, 1.54) is 21.9 Å². The van der Waals surface area contributed by atoms with Crippen molar-refractivity contribution in [3.8, 4) is 0 Å². The lowest BCUT2D eigenvalue weighted by atomic mass is 9.98. The van der Waals surface area contributed by atoms with Crippen LogP contribution in [0.2, 0.25) is 0 Å². The van der Waals surface area contributed by atoms with Crippen LogP contribution < -0.4 is 10.6 Å². The molecule has 4 aromatic rings. The van der Waals surface area contributed by atoms with Crippen molar-refractivity contribution in [3.63, 3.8) is 0 Å². The van der Waals surface area contributed by atoms with Crippen LogP contribution in [0.3, 0.4) is 0 Å². The quantitative estimate of drug-likeness (QED) is 0.480. The summed E-state index contributed by atoms with van der Waals surface area (Å²) in [5.41, 5.74) is 3.04. The fraction of sp³-hybridized carbons (Fsp3) is 0.231. The molecule has 1 aliphatic heterocycles. The zero-order valence-corrected chi connectivity index (χ0v) is 17.6. The molecule has 5 heteroatoms. The standard InChI is InChI=1S/C26H26N4O/c1-18-15-24(21-8-3-2-4-9-21)29-25-23(17-28-30(18)25)26(31)27-14-13-19-11-12-20-7-5-6-10-22(20)16-19/h2-12,16-18,24,29H,13-15H2,1H3,(H,27,31). The smallest absolute Gasteiger partial charge is 0.256 e. The second-order valence-corrected chi connectivity index (χ2v) is 8.23. The van der Waals surface area contributed by atoms with E-state index in [0.29, 0.717) is 12.1 Å². The predicted octanol–water partition coefficient (Wildman–Crippen LogP) is 5.13. The summed E-state index contributed by atoms with van der Waals surface area (Å²) in [6.45, 7) is 2.73. The number of aromatic nitrogens is 2. The number of rotatable bonds is 5. The van der Waals surface area contributed by atoms with Crippen LogP contribution in [0.5, 0.6) is 0 Å². The number of amides is 1. The number of nitrogens with one attached hydrogen (secondary N) is 2. The van der Waals surface area contributed by atoms with Crippen molar-refractivity contribution in [1.29, 1.82) is 0 Å². The van der Waals surface area contributed by atoms with Gasteiger partial charge in [0.1, 0.15) is 11.4 Å². The van der Waals surface area contributed by atoms with E-state index in [1.807, 2.05) is 35.0 Å². The third-order valence-corrected chi connectivity index (χ3v) is 6.06. The first kappa shape index (κ1) is 19.4. The van der Waals surface area contributed by atoms with E-state index in [-0.39, 0.29) is 18.0 Å². The van der Waals surface area contributed by atoms with Crippen LogP contribution in [0.15, 0.2) is 79.0 Å². The number of hydrogen-bond acceptors (Lipinski definition) is 3. The summed E-state index contributed by atoms with van der Waals surface area (Å²) < 4.78 is 1.93. The minimum absolute atomic E-state index is 0.0875. The zero-order valence-electron chi connectivity index (χ0n) is 17.6. The van der Waals surface area contributed by atoms with Crippen LogP contribution >= 0.6 is 0 Å². The summed E-state index contributed by atoms with van der Waals surface area (Å²) in [6, 6.07) is 25.5. The lowest BCUT2D eigenvalue weighted by Gasteiger charge is -2.31. The molecule has 0 saturated heterocycles. The summed E-state index contributed by atoms with van der Waals surface area (Å²) in [6.07, 6.45) is 3.40. The molecule has 1 amide bonds. The van der Waals surface area contributed by atoms with Gasteiger partial charge in [-0.25, -0.2) is 4.68 Å². The Morgan fingerprint density at radius 3 is 2.68 bits per heavy atom. The van der Waals surface area contributed by atoms with Crippen molar-refractivity contribution < 1.29 is 4.79 Å². The molecule has 5 nitrogen and oxygen atoms in total. The van der Waals surface area contributed by atoms with Gasteiger partial charge in [-0.1, -0.05) is 72.8 Å². The van der Waals surface area contributed by atoms with Gasteiger partial charge in [-0.3, -0.25) is 4.79 Å². The number of nitrogens with zero attached hydrogens (tertiary/aromatic N) is 2. The Morgan fingerprint density at radius 1 is 1.06 bits per heavy atom. The van der Waals surface area contributed by atoms with E-state index in [0.717, 1.165) is 18.7 Å². The molecule has 0 bridgehead atoms. The normalized spacial score (nSPS) is 17.7. The SMILES string of the molecule is CC1CC(c2ccccc2)Nc2c(C(=O)NCCc3ccc4ccccc4c3)cnn21. The molecule has 5 rings (SSSR count). The van der Waals surface area contributed by atoms with Gasteiger partial charge >= 0.3 is 0 Å². The number of benzene rings is 3. The van der Waals surface area contributed by atoms with Crippen molar-refractivity contribution >= 4 is 22.5 Å². The second kappa shape index (κ2) is 8.26. The van der Waals surface area contributed by atoms with Gasteiger partial charge in [0, 0.05) is 6.54 Å². The molecule has 2 heterocycles. The molecule has 0 saturated carbocycles. The first-order valence-electron chi connectivity index (χ1n) is 10.8. The van der Waals surface area contributed by atoms with E-state index in [4.69, 9.17) is 0 Å². The Labute approximate surface area is 182 Å². The monoisotopic (exact) mass is 410 g/mol. The molecule has 156 valence electrons. The number of carbonyl (C=O) groups is 1. The molecule has 1 aromatic heterocycles. The van der Waals surface area contributed by atoms with E-state index in [2.05, 4.69) is 65.1 Å². The van der Waals surface area contributed by atoms with Gasteiger partial charge in [0.2, 0.25) is 0 Å². The van der Waals surface area contributed by atoms with Gasteiger partial charge in [-0.15, -0.1) is 0 Å². The highest BCUT2D eigenvalue weighted by Crippen LogP contribution is 2.36. The Balaban J connectivity index is 1.27. The highest BCUT2D eigenvalue weighted by Gasteiger charge is 2.29. The first-order valence-corrected chi connectivity index (χ1v) is 10.8. The molecular formula is C26H26N4O. The van der Waals surface area contributed by atoms with Crippen molar-refractivity contribution in [2.24, 2.45) is 0 Å². The maximum atomic E-state index is 12.9. The predicted molar refractivity (Wildman–Crippen MR) is 124 cm³/mol. The third-order valence-electron chi connectivity index (χ3n) is 6.06. The van der Waals surface area contributed by atoms with Crippen LogP contribution in [0, 0.1) is 0 Å². The summed E-state index contributed by atoms with van der Waals surface area (Å²) in [5.74, 6) is 0.714. The minimum Gasteiger partial charge on any atom is -0.363 e. The molecule has 0 aliphatic carbocycles. The molecule has 2 atom stereocenters. The summed E-state index contributed by atoms with van der Waals surface area (Å²) in [5, 5.41) is 13.5. The van der Waals surface area contributed by atoms with Gasteiger partial charge in [-0.05, 0) is 41.7 Å². The molecule has 2 N–H and O–H groups in total. The lowest BCUT2D eigenvalue weighted by molar-refractivity contribution is 0.0954. The Bertz CT molecular complexity index is 1210. The van der Waals surface area contributed by atoms with Crippen LogP contribution in [0.25, 0.3) is 10.8 Å². The van der Waals surface area contributed by atoms with Crippen molar-refractivity contribution in [2.75, 3.05) is 11.9 Å². The fourth-order valence-corrected chi connectivity index (χ4v) is 4.39. The molecule has 31 heavy (non-hydrogen) atoms. The molecule has 3 aromatic carbocycles. The Kier molecular flexibility index (Phi) is 5.16. The maximum Gasteiger partial charge on any atom is 0.256 e. The van der Waals surface area contributed by atoms with Gasteiger partial charge in [0.15, 0.2) is 0 Å². The Hall–Kier alpha value is -3.60. The molecule has 1 aliphatic rings. The molecular weight excluding hydrogens is 384 g/mol. The molecule has 0 fully saturated rings. The van der Waals surface area contributed by atoms with Crippen LogP contribution in [-0.4, -0.2) is 22.2 Å². The van der Waals surface area contributed by atoms with Crippen LogP contribution in [-0.2, 0) is 6.42 Å². The minimum atomic E-state index is -0.0875. The first-order chi connectivity index (χ1) is 15.2. The molecule has 0 spiro atoms. The van der Waals surface area contributed by atoms with E-state index in [9.17, 15) is 4.79 Å². The summed E-state index contributed by atoms with van der Waals surface area (Å²) in [7, 11) is 0. The highest BCUT2D eigenvalue weighted by molar-refractivity contribution is 5.98. The summed E-state index contributed by atoms with van der Waals surface area (Å²) >= 11 is 0. The largest absolute Gasteiger partial charge is 0.363 e. The van der Waals surface area contributed by atoms with E-state index >= 15 is 0 Å². The second-order valence-electron chi connectivity index (χ2n) is 8.23. The van der Waals surface area contributed by atoms with Gasteiger partial charge < -0.3 is 10.6 Å². The van der Waals surface area contributed by atoms with Crippen LogP contribution in [0.4, 0.5) is 5.82 Å². The maximum absolute atomic E-state index is 12.9. The third kappa shape index (κ3) is 3.91.